The molecular formula is C15H30N2. The quantitative estimate of drug-likeness (QED) is 0.600. The summed E-state index contributed by atoms with van der Waals surface area (Å²) >= 11 is 0. The van der Waals surface area contributed by atoms with E-state index in [4.69, 9.17) is 0 Å². The molecule has 2 heteroatoms. The van der Waals surface area contributed by atoms with Crippen LogP contribution in [0.4, 0.5) is 0 Å². The van der Waals surface area contributed by atoms with Crippen molar-refractivity contribution < 1.29 is 0 Å². The third-order valence-corrected chi connectivity index (χ3v) is 2.64. The zero-order valence-corrected chi connectivity index (χ0v) is 12.5. The van der Waals surface area contributed by atoms with Gasteiger partial charge in [0.05, 0.1) is 0 Å². The van der Waals surface area contributed by atoms with Crippen molar-refractivity contribution in [1.82, 2.24) is 9.80 Å². The van der Waals surface area contributed by atoms with Crippen molar-refractivity contribution >= 4 is 0 Å². The summed E-state index contributed by atoms with van der Waals surface area (Å²) in [6.07, 6.45) is 6.73. The summed E-state index contributed by atoms with van der Waals surface area (Å²) in [6, 6.07) is 0. The molecule has 0 heterocycles. The van der Waals surface area contributed by atoms with E-state index in [9.17, 15) is 0 Å². The highest BCUT2D eigenvalue weighted by molar-refractivity contribution is 5.20. The molecule has 0 rings (SSSR count). The Balaban J connectivity index is 4.38. The first kappa shape index (κ1) is 16.4. The monoisotopic (exact) mass is 238 g/mol. The smallest absolute Gasteiger partial charge is 0.0230 e. The molecular weight excluding hydrogens is 208 g/mol. The topological polar surface area (TPSA) is 6.48 Å². The van der Waals surface area contributed by atoms with Crippen molar-refractivity contribution in [2.45, 2.75) is 27.7 Å². The second-order valence-corrected chi connectivity index (χ2v) is 5.16. The maximum atomic E-state index is 2.49. The standard InChI is InChI=1S/C15H30N2/c1-7-9-15(12-14(3)4)13-17(8-2)11-10-16(5)6/h7,9,12,14H,8,10-11,13H2,1-6H3/b9-7-,15-12+. The number of hydrogen-bond acceptors (Lipinski definition) is 2. The van der Waals surface area contributed by atoms with E-state index in [0.717, 1.165) is 26.2 Å². The highest BCUT2D eigenvalue weighted by Gasteiger charge is 2.05. The van der Waals surface area contributed by atoms with Crippen molar-refractivity contribution in [3.05, 3.63) is 23.8 Å². The Morgan fingerprint density at radius 3 is 2.24 bits per heavy atom. The molecule has 0 N–H and O–H groups in total. The Labute approximate surface area is 108 Å². The molecule has 0 atom stereocenters. The summed E-state index contributed by atoms with van der Waals surface area (Å²) in [5.74, 6) is 0.619. The van der Waals surface area contributed by atoms with Crippen LogP contribution in [0.3, 0.4) is 0 Å². The molecule has 17 heavy (non-hydrogen) atoms. The number of allylic oxidation sites excluding steroid dienone is 2. The third-order valence-electron chi connectivity index (χ3n) is 2.64. The van der Waals surface area contributed by atoms with E-state index < -0.39 is 0 Å². The minimum absolute atomic E-state index is 0.619. The van der Waals surface area contributed by atoms with Gasteiger partial charge >= 0.3 is 0 Å². The molecule has 100 valence electrons. The van der Waals surface area contributed by atoms with Gasteiger partial charge in [-0.05, 0) is 39.1 Å². The summed E-state index contributed by atoms with van der Waals surface area (Å²) in [5, 5.41) is 0. The number of likely N-dealkylation sites (N-methyl/N-ethyl adjacent to an activating group) is 2. The Morgan fingerprint density at radius 2 is 1.82 bits per heavy atom. The summed E-state index contributed by atoms with van der Waals surface area (Å²) in [6.45, 7) is 13.2. The highest BCUT2D eigenvalue weighted by Crippen LogP contribution is 2.07. The fourth-order valence-electron chi connectivity index (χ4n) is 1.75. The second-order valence-electron chi connectivity index (χ2n) is 5.16. The first-order valence-corrected chi connectivity index (χ1v) is 6.70. The second kappa shape index (κ2) is 9.43. The largest absolute Gasteiger partial charge is 0.308 e. The van der Waals surface area contributed by atoms with Crippen molar-refractivity contribution in [2.24, 2.45) is 5.92 Å². The van der Waals surface area contributed by atoms with Crippen LogP contribution in [0.2, 0.25) is 0 Å². The summed E-state index contributed by atoms with van der Waals surface area (Å²) in [4.78, 5) is 4.73. The highest BCUT2D eigenvalue weighted by atomic mass is 15.2. The Hall–Kier alpha value is -0.600. The Morgan fingerprint density at radius 1 is 1.18 bits per heavy atom. The van der Waals surface area contributed by atoms with Gasteiger partial charge in [-0.15, -0.1) is 0 Å². The molecule has 0 saturated carbocycles. The van der Waals surface area contributed by atoms with Crippen LogP contribution in [0.15, 0.2) is 23.8 Å². The van der Waals surface area contributed by atoms with Gasteiger partial charge in [0.2, 0.25) is 0 Å². The lowest BCUT2D eigenvalue weighted by Gasteiger charge is -2.23. The molecule has 0 aliphatic rings. The zero-order valence-electron chi connectivity index (χ0n) is 12.5. The van der Waals surface area contributed by atoms with Crippen molar-refractivity contribution in [3.63, 3.8) is 0 Å². The molecule has 0 saturated heterocycles. The SMILES string of the molecule is C/C=C\C(=C/C(C)C)CN(CC)CCN(C)C. The fourth-order valence-corrected chi connectivity index (χ4v) is 1.75. The lowest BCUT2D eigenvalue weighted by Crippen LogP contribution is -2.33. The average molecular weight is 238 g/mol. The molecule has 0 bridgehead atoms. The average Bonchev–Trinajstić information content (AvgIpc) is 2.23. The summed E-state index contributed by atoms with van der Waals surface area (Å²) in [5.41, 5.74) is 1.43. The van der Waals surface area contributed by atoms with E-state index in [1.54, 1.807) is 0 Å². The minimum Gasteiger partial charge on any atom is -0.308 e. The van der Waals surface area contributed by atoms with Crippen LogP contribution in [0.25, 0.3) is 0 Å². The molecule has 2 nitrogen and oxygen atoms in total. The van der Waals surface area contributed by atoms with E-state index >= 15 is 0 Å². The fraction of sp³-hybridized carbons (Fsp3) is 0.733. The van der Waals surface area contributed by atoms with Gasteiger partial charge in [-0.3, -0.25) is 4.90 Å². The van der Waals surface area contributed by atoms with Crippen LogP contribution in [0.1, 0.15) is 27.7 Å². The molecule has 0 spiro atoms. The Kier molecular flexibility index (Phi) is 9.10. The molecule has 0 radical (unpaired) electrons. The minimum atomic E-state index is 0.619. The predicted molar refractivity (Wildman–Crippen MR) is 78.4 cm³/mol. The molecule has 0 aromatic carbocycles. The van der Waals surface area contributed by atoms with E-state index in [1.807, 2.05) is 0 Å². The molecule has 0 aliphatic heterocycles. The van der Waals surface area contributed by atoms with E-state index in [2.05, 4.69) is 69.8 Å². The van der Waals surface area contributed by atoms with Gasteiger partial charge in [0, 0.05) is 19.6 Å². The Bertz CT molecular complexity index is 239. The van der Waals surface area contributed by atoms with Crippen LogP contribution >= 0.6 is 0 Å². The van der Waals surface area contributed by atoms with Gasteiger partial charge < -0.3 is 4.90 Å². The maximum Gasteiger partial charge on any atom is 0.0230 e. The lowest BCUT2D eigenvalue weighted by molar-refractivity contribution is 0.268. The first-order valence-electron chi connectivity index (χ1n) is 6.70. The summed E-state index contributed by atoms with van der Waals surface area (Å²) < 4.78 is 0. The number of hydrogen-bond donors (Lipinski definition) is 0. The maximum absolute atomic E-state index is 2.49. The molecule has 0 amide bonds. The lowest BCUT2D eigenvalue weighted by atomic mass is 10.1. The molecule has 0 aromatic heterocycles. The predicted octanol–water partition coefficient (Wildman–Crippen LogP) is 3.03. The first-order chi connectivity index (χ1) is 7.99. The summed E-state index contributed by atoms with van der Waals surface area (Å²) in [7, 11) is 4.26. The zero-order chi connectivity index (χ0) is 13.3. The van der Waals surface area contributed by atoms with Crippen LogP contribution < -0.4 is 0 Å². The van der Waals surface area contributed by atoms with Crippen molar-refractivity contribution in [3.8, 4) is 0 Å². The van der Waals surface area contributed by atoms with Gasteiger partial charge in [-0.25, -0.2) is 0 Å². The number of rotatable bonds is 8. The van der Waals surface area contributed by atoms with Gasteiger partial charge in [0.25, 0.3) is 0 Å². The van der Waals surface area contributed by atoms with Gasteiger partial charge in [-0.2, -0.15) is 0 Å². The van der Waals surface area contributed by atoms with E-state index in [0.29, 0.717) is 5.92 Å². The van der Waals surface area contributed by atoms with Gasteiger partial charge in [-0.1, -0.05) is 39.0 Å². The van der Waals surface area contributed by atoms with Crippen LogP contribution in [-0.4, -0.2) is 50.1 Å². The molecule has 0 unspecified atom stereocenters. The van der Waals surface area contributed by atoms with Gasteiger partial charge in [0.15, 0.2) is 0 Å². The van der Waals surface area contributed by atoms with Crippen LogP contribution in [0.5, 0.6) is 0 Å². The van der Waals surface area contributed by atoms with Gasteiger partial charge in [0.1, 0.15) is 0 Å². The van der Waals surface area contributed by atoms with Crippen LogP contribution in [0, 0.1) is 5.92 Å². The third kappa shape index (κ3) is 9.13. The molecule has 0 aliphatic carbocycles. The van der Waals surface area contributed by atoms with E-state index in [-0.39, 0.29) is 0 Å². The molecule has 0 aromatic rings. The molecule has 0 fully saturated rings. The van der Waals surface area contributed by atoms with Crippen molar-refractivity contribution in [1.29, 1.82) is 0 Å². The van der Waals surface area contributed by atoms with E-state index in [1.165, 1.54) is 5.57 Å². The van der Waals surface area contributed by atoms with Crippen molar-refractivity contribution in [2.75, 3.05) is 40.3 Å². The normalized spacial score (nSPS) is 13.6. The number of nitrogens with zero attached hydrogens (tertiary/aromatic N) is 2. The van der Waals surface area contributed by atoms with Crippen LogP contribution in [-0.2, 0) is 0 Å².